The van der Waals surface area contributed by atoms with Crippen molar-refractivity contribution in [1.29, 1.82) is 0 Å². The van der Waals surface area contributed by atoms with Crippen molar-refractivity contribution in [2.45, 2.75) is 38.3 Å². The molecular formula is C7H11F3O2. The highest BCUT2D eigenvalue weighted by molar-refractivity contribution is 4.73. The molecule has 1 aliphatic rings. The number of halogens is 3. The van der Waals surface area contributed by atoms with E-state index in [2.05, 4.69) is 0 Å². The molecule has 0 aliphatic carbocycles. The van der Waals surface area contributed by atoms with E-state index in [1.54, 1.807) is 13.8 Å². The first-order chi connectivity index (χ1) is 5.29. The van der Waals surface area contributed by atoms with Gasteiger partial charge in [0.15, 0.2) is 5.79 Å². The highest BCUT2D eigenvalue weighted by Crippen LogP contribution is 2.30. The van der Waals surface area contributed by atoms with Crippen LogP contribution in [-0.4, -0.2) is 24.7 Å². The SMILES string of the molecule is CC1(C)OC[C@H](CC(F)(F)F)O1. The van der Waals surface area contributed by atoms with Crippen molar-refractivity contribution >= 4 is 0 Å². The van der Waals surface area contributed by atoms with E-state index >= 15 is 0 Å². The Bertz CT molecular complexity index is 165. The molecule has 72 valence electrons. The number of rotatable bonds is 1. The van der Waals surface area contributed by atoms with Crippen LogP contribution in [0.1, 0.15) is 20.3 Å². The molecule has 1 atom stereocenters. The first-order valence-electron chi connectivity index (χ1n) is 3.67. The third-order valence-electron chi connectivity index (χ3n) is 1.53. The van der Waals surface area contributed by atoms with Gasteiger partial charge in [-0.1, -0.05) is 0 Å². The zero-order chi connectivity index (χ0) is 9.41. The summed E-state index contributed by atoms with van der Waals surface area (Å²) in [6.07, 6.45) is -5.95. The van der Waals surface area contributed by atoms with Gasteiger partial charge >= 0.3 is 6.18 Å². The zero-order valence-electron chi connectivity index (χ0n) is 6.94. The van der Waals surface area contributed by atoms with Crippen molar-refractivity contribution < 1.29 is 22.6 Å². The maximum Gasteiger partial charge on any atom is 0.391 e. The van der Waals surface area contributed by atoms with Crippen molar-refractivity contribution in [2.24, 2.45) is 0 Å². The Hall–Kier alpha value is -0.290. The molecule has 0 N–H and O–H groups in total. The quantitative estimate of drug-likeness (QED) is 0.621. The van der Waals surface area contributed by atoms with Crippen molar-refractivity contribution in [1.82, 2.24) is 0 Å². The molecule has 5 heteroatoms. The lowest BCUT2D eigenvalue weighted by molar-refractivity contribution is -0.177. The fraction of sp³-hybridized carbons (Fsp3) is 1.00. The summed E-state index contributed by atoms with van der Waals surface area (Å²) < 4.78 is 45.4. The van der Waals surface area contributed by atoms with Crippen LogP contribution < -0.4 is 0 Å². The molecular weight excluding hydrogens is 173 g/mol. The van der Waals surface area contributed by atoms with Gasteiger partial charge in [0.2, 0.25) is 0 Å². The molecule has 0 bridgehead atoms. The summed E-state index contributed by atoms with van der Waals surface area (Å²) in [5.41, 5.74) is 0. The third kappa shape index (κ3) is 2.98. The molecule has 1 fully saturated rings. The van der Waals surface area contributed by atoms with Crippen LogP contribution in [-0.2, 0) is 9.47 Å². The van der Waals surface area contributed by atoms with Gasteiger partial charge in [-0.15, -0.1) is 0 Å². The van der Waals surface area contributed by atoms with Gasteiger partial charge in [-0.05, 0) is 13.8 Å². The van der Waals surface area contributed by atoms with Gasteiger partial charge in [0.25, 0.3) is 0 Å². The predicted molar refractivity (Wildman–Crippen MR) is 35.6 cm³/mol. The van der Waals surface area contributed by atoms with E-state index in [1.807, 2.05) is 0 Å². The molecule has 2 nitrogen and oxygen atoms in total. The van der Waals surface area contributed by atoms with E-state index in [-0.39, 0.29) is 6.61 Å². The smallest absolute Gasteiger partial charge is 0.348 e. The van der Waals surface area contributed by atoms with Crippen LogP contribution >= 0.6 is 0 Å². The maximum atomic E-state index is 11.8. The van der Waals surface area contributed by atoms with Gasteiger partial charge in [-0.25, -0.2) is 0 Å². The van der Waals surface area contributed by atoms with Crippen LogP contribution in [0.3, 0.4) is 0 Å². The van der Waals surface area contributed by atoms with Crippen molar-refractivity contribution in [3.8, 4) is 0 Å². The number of ether oxygens (including phenoxy) is 2. The molecule has 12 heavy (non-hydrogen) atoms. The fourth-order valence-electron chi connectivity index (χ4n) is 1.12. The van der Waals surface area contributed by atoms with Gasteiger partial charge in [-0.2, -0.15) is 13.2 Å². The molecule has 1 saturated heterocycles. The molecule has 0 saturated carbocycles. The normalized spacial score (nSPS) is 29.2. The van der Waals surface area contributed by atoms with E-state index in [9.17, 15) is 13.2 Å². The summed E-state index contributed by atoms with van der Waals surface area (Å²) in [5, 5.41) is 0. The van der Waals surface area contributed by atoms with Crippen LogP contribution in [0.5, 0.6) is 0 Å². The second-order valence-corrected chi connectivity index (χ2v) is 3.27. The van der Waals surface area contributed by atoms with Gasteiger partial charge in [0, 0.05) is 0 Å². The maximum absolute atomic E-state index is 11.8. The third-order valence-corrected chi connectivity index (χ3v) is 1.53. The average Bonchev–Trinajstić information content (AvgIpc) is 2.05. The van der Waals surface area contributed by atoms with Crippen molar-refractivity contribution in [3.63, 3.8) is 0 Å². The van der Waals surface area contributed by atoms with E-state index in [4.69, 9.17) is 9.47 Å². The summed E-state index contributed by atoms with van der Waals surface area (Å²) in [5.74, 6) is -0.865. The van der Waals surface area contributed by atoms with E-state index < -0.39 is 24.5 Å². The zero-order valence-corrected chi connectivity index (χ0v) is 6.94. The van der Waals surface area contributed by atoms with Crippen LogP contribution in [0, 0.1) is 0 Å². The largest absolute Gasteiger partial charge is 0.391 e. The molecule has 1 heterocycles. The van der Waals surface area contributed by atoms with Crippen LogP contribution in [0.4, 0.5) is 13.2 Å². The molecule has 0 radical (unpaired) electrons. The Labute approximate surface area is 68.6 Å². The molecule has 0 spiro atoms. The molecule has 0 amide bonds. The fourth-order valence-corrected chi connectivity index (χ4v) is 1.12. The standard InChI is InChI=1S/C7H11F3O2/c1-6(2)11-4-5(12-6)3-7(8,9)10/h5H,3-4H2,1-2H3/t5-/m0/s1. The van der Waals surface area contributed by atoms with Crippen LogP contribution in [0.15, 0.2) is 0 Å². The van der Waals surface area contributed by atoms with E-state index in [1.165, 1.54) is 0 Å². The monoisotopic (exact) mass is 184 g/mol. The number of hydrogen-bond acceptors (Lipinski definition) is 2. The summed E-state index contributed by atoms with van der Waals surface area (Å²) in [4.78, 5) is 0. The van der Waals surface area contributed by atoms with Gasteiger partial charge in [0.1, 0.15) is 0 Å². The second kappa shape index (κ2) is 2.88. The Balaban J connectivity index is 2.39. The minimum atomic E-state index is -4.17. The molecule has 0 aromatic rings. The topological polar surface area (TPSA) is 18.5 Å². The average molecular weight is 184 g/mol. The summed E-state index contributed by atoms with van der Waals surface area (Å²) in [6, 6.07) is 0. The van der Waals surface area contributed by atoms with E-state index in [0.29, 0.717) is 0 Å². The summed E-state index contributed by atoms with van der Waals surface area (Å²) in [6.45, 7) is 3.22. The Kier molecular flexibility index (Phi) is 2.35. The van der Waals surface area contributed by atoms with Crippen LogP contribution in [0.2, 0.25) is 0 Å². The molecule has 0 unspecified atom stereocenters. The van der Waals surface area contributed by atoms with Gasteiger partial charge in [-0.3, -0.25) is 0 Å². The van der Waals surface area contributed by atoms with E-state index in [0.717, 1.165) is 0 Å². The lowest BCUT2D eigenvalue weighted by Crippen LogP contribution is -2.25. The summed E-state index contributed by atoms with van der Waals surface area (Å²) in [7, 11) is 0. The first kappa shape index (κ1) is 9.80. The lowest BCUT2D eigenvalue weighted by Gasteiger charge is -2.17. The van der Waals surface area contributed by atoms with Crippen LogP contribution in [0.25, 0.3) is 0 Å². The highest BCUT2D eigenvalue weighted by atomic mass is 19.4. The van der Waals surface area contributed by atoms with Gasteiger partial charge in [0.05, 0.1) is 19.1 Å². The molecule has 0 aromatic carbocycles. The predicted octanol–water partition coefficient (Wildman–Crippen LogP) is 2.09. The lowest BCUT2D eigenvalue weighted by atomic mass is 10.2. The van der Waals surface area contributed by atoms with Gasteiger partial charge < -0.3 is 9.47 Å². The molecule has 0 aromatic heterocycles. The molecule has 1 aliphatic heterocycles. The highest BCUT2D eigenvalue weighted by Gasteiger charge is 2.40. The first-order valence-corrected chi connectivity index (χ1v) is 3.67. The minimum Gasteiger partial charge on any atom is -0.348 e. The van der Waals surface area contributed by atoms with Crippen molar-refractivity contribution in [2.75, 3.05) is 6.61 Å². The molecule has 1 rings (SSSR count). The number of hydrogen-bond donors (Lipinski definition) is 0. The second-order valence-electron chi connectivity index (χ2n) is 3.27. The minimum absolute atomic E-state index is 0.0203. The Morgan fingerprint density at radius 2 is 2.00 bits per heavy atom. The number of alkyl halides is 3. The summed E-state index contributed by atoms with van der Waals surface area (Å²) >= 11 is 0. The Morgan fingerprint density at radius 3 is 2.33 bits per heavy atom. The Morgan fingerprint density at radius 1 is 1.42 bits per heavy atom. The van der Waals surface area contributed by atoms with Crippen molar-refractivity contribution in [3.05, 3.63) is 0 Å².